The molecule has 0 aliphatic carbocycles. The summed E-state index contributed by atoms with van der Waals surface area (Å²) in [6.07, 6.45) is 2.17. The average Bonchev–Trinajstić information content (AvgIpc) is 2.83. The van der Waals surface area contributed by atoms with Gasteiger partial charge >= 0.3 is 0 Å². The van der Waals surface area contributed by atoms with Crippen LogP contribution in [0.15, 0.2) is 42.6 Å². The lowest BCUT2D eigenvalue weighted by atomic mass is 10.0. The summed E-state index contributed by atoms with van der Waals surface area (Å²) in [6.45, 7) is 5.46. The monoisotopic (exact) mass is 424 g/mol. The Balaban J connectivity index is 1.34. The Bertz CT molecular complexity index is 912. The summed E-state index contributed by atoms with van der Waals surface area (Å²) in [6, 6.07) is 11.1. The van der Waals surface area contributed by atoms with Crippen LogP contribution in [-0.4, -0.2) is 79.1 Å². The third-order valence-corrected chi connectivity index (χ3v) is 5.75. The molecule has 2 amide bonds. The van der Waals surface area contributed by atoms with Crippen molar-refractivity contribution in [3.05, 3.63) is 53.9 Å². The van der Waals surface area contributed by atoms with E-state index in [0.29, 0.717) is 58.0 Å². The molecule has 2 aliphatic rings. The van der Waals surface area contributed by atoms with Crippen LogP contribution >= 0.6 is 0 Å². The van der Waals surface area contributed by atoms with Crippen LogP contribution in [0.2, 0.25) is 0 Å². The first-order valence-corrected chi connectivity index (χ1v) is 10.7. The number of nitrogens with zero attached hydrogens (tertiary/aromatic N) is 3. The second-order valence-electron chi connectivity index (χ2n) is 7.82. The number of rotatable bonds is 6. The van der Waals surface area contributed by atoms with Crippen molar-refractivity contribution in [3.63, 3.8) is 0 Å². The molecule has 164 valence electrons. The third kappa shape index (κ3) is 5.46. The molecule has 8 heteroatoms. The van der Waals surface area contributed by atoms with E-state index in [0.717, 1.165) is 23.4 Å². The van der Waals surface area contributed by atoms with Crippen LogP contribution < -0.4 is 5.73 Å². The summed E-state index contributed by atoms with van der Waals surface area (Å²) in [7, 11) is 0. The van der Waals surface area contributed by atoms with Crippen LogP contribution in [0, 0.1) is 0 Å². The molecule has 8 nitrogen and oxygen atoms in total. The summed E-state index contributed by atoms with van der Waals surface area (Å²) >= 11 is 0. The Morgan fingerprint density at radius 3 is 2.65 bits per heavy atom. The molecule has 2 aromatic rings. The maximum atomic E-state index is 12.4. The van der Waals surface area contributed by atoms with Crippen LogP contribution in [0.1, 0.15) is 28.6 Å². The molecule has 2 saturated heterocycles. The van der Waals surface area contributed by atoms with Gasteiger partial charge in [0.1, 0.15) is 6.10 Å². The van der Waals surface area contributed by atoms with Crippen molar-refractivity contribution in [3.8, 4) is 11.1 Å². The van der Waals surface area contributed by atoms with Gasteiger partial charge in [0.15, 0.2) is 0 Å². The lowest BCUT2D eigenvalue weighted by Gasteiger charge is -2.33. The summed E-state index contributed by atoms with van der Waals surface area (Å²) in [5.41, 5.74) is 8.51. The molecular weight excluding hydrogens is 396 g/mol. The van der Waals surface area contributed by atoms with E-state index < -0.39 is 5.91 Å². The standard InChI is InChI=1S/C23H28N4O4/c24-23(29)18-3-1-2-17(14-18)19-4-5-20(25-15-19)21-16-26(8-13-31-21)7-6-22(28)27-9-11-30-12-10-27/h1-5,14-15,21H,6-13,16H2,(H2,24,29)/t21-/m0/s1. The number of aromatic nitrogens is 1. The highest BCUT2D eigenvalue weighted by Gasteiger charge is 2.24. The molecular formula is C23H28N4O4. The van der Waals surface area contributed by atoms with Gasteiger partial charge in [0, 0.05) is 56.5 Å². The van der Waals surface area contributed by atoms with Crippen LogP contribution in [-0.2, 0) is 14.3 Å². The van der Waals surface area contributed by atoms with Crippen molar-refractivity contribution in [2.24, 2.45) is 5.73 Å². The second kappa shape index (κ2) is 10.00. The molecule has 4 rings (SSSR count). The Labute approximate surface area is 181 Å². The average molecular weight is 425 g/mol. The molecule has 31 heavy (non-hydrogen) atoms. The number of carbonyl (C=O) groups is 2. The van der Waals surface area contributed by atoms with Crippen molar-refractivity contribution in [1.29, 1.82) is 0 Å². The Morgan fingerprint density at radius 1 is 1.06 bits per heavy atom. The Morgan fingerprint density at radius 2 is 1.90 bits per heavy atom. The quantitative estimate of drug-likeness (QED) is 0.754. The van der Waals surface area contributed by atoms with E-state index in [1.807, 2.05) is 29.2 Å². The molecule has 2 N–H and O–H groups in total. The largest absolute Gasteiger partial charge is 0.378 e. The molecule has 1 atom stereocenters. The zero-order valence-corrected chi connectivity index (χ0v) is 17.5. The number of ether oxygens (including phenoxy) is 2. The van der Waals surface area contributed by atoms with Gasteiger partial charge in [0.25, 0.3) is 0 Å². The van der Waals surface area contributed by atoms with Gasteiger partial charge in [0.05, 0.1) is 25.5 Å². The van der Waals surface area contributed by atoms with E-state index in [2.05, 4.69) is 9.88 Å². The summed E-state index contributed by atoms with van der Waals surface area (Å²) in [5, 5.41) is 0. The molecule has 1 aromatic carbocycles. The smallest absolute Gasteiger partial charge is 0.248 e. The van der Waals surface area contributed by atoms with Crippen LogP contribution in [0.5, 0.6) is 0 Å². The molecule has 2 aliphatic heterocycles. The second-order valence-corrected chi connectivity index (χ2v) is 7.82. The minimum absolute atomic E-state index is 0.127. The van der Waals surface area contributed by atoms with E-state index in [-0.39, 0.29) is 12.0 Å². The van der Waals surface area contributed by atoms with Gasteiger partial charge in [-0.2, -0.15) is 0 Å². The Hall–Kier alpha value is -2.81. The van der Waals surface area contributed by atoms with Gasteiger partial charge in [-0.3, -0.25) is 19.5 Å². The van der Waals surface area contributed by atoms with Gasteiger partial charge in [-0.15, -0.1) is 0 Å². The first kappa shape index (κ1) is 21.4. The van der Waals surface area contributed by atoms with Crippen molar-refractivity contribution >= 4 is 11.8 Å². The minimum Gasteiger partial charge on any atom is -0.378 e. The fourth-order valence-electron chi connectivity index (χ4n) is 3.93. The van der Waals surface area contributed by atoms with Gasteiger partial charge < -0.3 is 20.1 Å². The lowest BCUT2D eigenvalue weighted by molar-refractivity contribution is -0.136. The molecule has 0 bridgehead atoms. The lowest BCUT2D eigenvalue weighted by Crippen LogP contribution is -2.44. The molecule has 0 spiro atoms. The van der Waals surface area contributed by atoms with Crippen molar-refractivity contribution < 1.29 is 19.1 Å². The molecule has 1 aromatic heterocycles. The Kier molecular flexibility index (Phi) is 6.91. The maximum absolute atomic E-state index is 12.4. The fourth-order valence-corrected chi connectivity index (χ4v) is 3.93. The van der Waals surface area contributed by atoms with Crippen molar-refractivity contribution in [2.75, 3.05) is 52.5 Å². The molecule has 3 heterocycles. The molecule has 0 saturated carbocycles. The number of carbonyl (C=O) groups excluding carboxylic acids is 2. The zero-order valence-electron chi connectivity index (χ0n) is 17.5. The maximum Gasteiger partial charge on any atom is 0.248 e. The SMILES string of the molecule is NC(=O)c1cccc(-c2ccc([C@@H]3CN(CCC(=O)N4CCOCC4)CCO3)nc2)c1. The number of primary amides is 1. The van der Waals surface area contributed by atoms with Gasteiger partial charge in [-0.1, -0.05) is 18.2 Å². The molecule has 0 radical (unpaired) electrons. The predicted octanol–water partition coefficient (Wildman–Crippen LogP) is 1.47. The summed E-state index contributed by atoms with van der Waals surface area (Å²) in [4.78, 5) is 32.6. The molecule has 2 fully saturated rings. The van der Waals surface area contributed by atoms with Gasteiger partial charge in [0.2, 0.25) is 11.8 Å². The third-order valence-electron chi connectivity index (χ3n) is 5.75. The van der Waals surface area contributed by atoms with Gasteiger partial charge in [-0.05, 0) is 23.8 Å². The van der Waals surface area contributed by atoms with E-state index in [4.69, 9.17) is 15.2 Å². The van der Waals surface area contributed by atoms with E-state index >= 15 is 0 Å². The highest BCUT2D eigenvalue weighted by molar-refractivity contribution is 5.94. The van der Waals surface area contributed by atoms with Crippen molar-refractivity contribution in [2.45, 2.75) is 12.5 Å². The minimum atomic E-state index is -0.450. The first-order valence-electron chi connectivity index (χ1n) is 10.7. The number of amides is 2. The highest BCUT2D eigenvalue weighted by atomic mass is 16.5. The van der Waals surface area contributed by atoms with Gasteiger partial charge in [-0.25, -0.2) is 0 Å². The van der Waals surface area contributed by atoms with E-state index in [1.54, 1.807) is 18.3 Å². The first-order chi connectivity index (χ1) is 15.1. The number of benzene rings is 1. The van der Waals surface area contributed by atoms with Crippen LogP contribution in [0.4, 0.5) is 0 Å². The number of nitrogens with two attached hydrogens (primary N) is 1. The molecule has 0 unspecified atom stereocenters. The van der Waals surface area contributed by atoms with Crippen molar-refractivity contribution in [1.82, 2.24) is 14.8 Å². The van der Waals surface area contributed by atoms with E-state index in [1.165, 1.54) is 0 Å². The normalized spacial score (nSPS) is 19.9. The number of morpholine rings is 2. The van der Waals surface area contributed by atoms with Crippen LogP contribution in [0.25, 0.3) is 11.1 Å². The summed E-state index contributed by atoms with van der Waals surface area (Å²) in [5.74, 6) is -0.263. The topological polar surface area (TPSA) is 98.0 Å². The fraction of sp³-hybridized carbons (Fsp3) is 0.435. The zero-order chi connectivity index (χ0) is 21.6. The highest BCUT2D eigenvalue weighted by Crippen LogP contribution is 2.24. The summed E-state index contributed by atoms with van der Waals surface area (Å²) < 4.78 is 11.2. The number of hydrogen-bond acceptors (Lipinski definition) is 6. The number of pyridine rings is 1. The predicted molar refractivity (Wildman–Crippen MR) is 115 cm³/mol. The number of hydrogen-bond donors (Lipinski definition) is 1. The van der Waals surface area contributed by atoms with E-state index in [9.17, 15) is 9.59 Å². The van der Waals surface area contributed by atoms with Crippen LogP contribution in [0.3, 0.4) is 0 Å².